The minimum Gasteiger partial charge on any atom is -0.504 e. The summed E-state index contributed by atoms with van der Waals surface area (Å²) < 4.78 is 12.7. The molecule has 0 aliphatic carbocycles. The maximum atomic E-state index is 12.8. The number of aromatic hydroxyl groups is 1. The molecule has 3 heterocycles. The third kappa shape index (κ3) is 2.39. The summed E-state index contributed by atoms with van der Waals surface area (Å²) in [6, 6.07) is 4.66. The highest BCUT2D eigenvalue weighted by atomic mass is 16.5. The fourth-order valence-corrected chi connectivity index (χ4v) is 3.37. The van der Waals surface area contributed by atoms with Crippen molar-refractivity contribution in [2.24, 2.45) is 0 Å². The summed E-state index contributed by atoms with van der Waals surface area (Å²) in [4.78, 5) is 14.5. The second kappa shape index (κ2) is 5.79. The van der Waals surface area contributed by atoms with E-state index in [1.807, 2.05) is 4.68 Å². The van der Waals surface area contributed by atoms with Crippen LogP contribution in [0.2, 0.25) is 0 Å². The van der Waals surface area contributed by atoms with Gasteiger partial charge in [0.25, 0.3) is 5.91 Å². The number of methoxy groups -OCH3 is 1. The standard InChI is InChI=1S/C16H18N4O4/c1-23-15-3-2-10(6-13(15)21)16(22)19-5-4-14-12(8-19)20-11(9-24-14)7-17-18-20/h2-3,6-7,12,14,21H,4-5,8-9H2,1H3/t12-,14+/m1/s1. The molecule has 2 aliphatic heterocycles. The maximum Gasteiger partial charge on any atom is 0.254 e. The molecule has 2 atom stereocenters. The van der Waals surface area contributed by atoms with E-state index in [4.69, 9.17) is 9.47 Å². The highest BCUT2D eigenvalue weighted by Crippen LogP contribution is 2.32. The van der Waals surface area contributed by atoms with E-state index in [0.29, 0.717) is 31.0 Å². The van der Waals surface area contributed by atoms with E-state index in [9.17, 15) is 9.90 Å². The summed E-state index contributed by atoms with van der Waals surface area (Å²) in [7, 11) is 1.47. The number of rotatable bonds is 2. The lowest BCUT2D eigenvalue weighted by atomic mass is 9.99. The Morgan fingerprint density at radius 3 is 3.12 bits per heavy atom. The number of benzene rings is 1. The van der Waals surface area contributed by atoms with E-state index in [-0.39, 0.29) is 23.8 Å². The molecule has 4 rings (SSSR count). The summed E-state index contributed by atoms with van der Waals surface area (Å²) in [5.41, 5.74) is 1.36. The molecule has 0 radical (unpaired) electrons. The van der Waals surface area contributed by atoms with Gasteiger partial charge in [-0.05, 0) is 24.6 Å². The molecule has 2 aliphatic rings. The second-order valence-electron chi connectivity index (χ2n) is 6.01. The van der Waals surface area contributed by atoms with Crippen molar-refractivity contribution >= 4 is 5.91 Å². The minimum absolute atomic E-state index is 0.0270. The molecular weight excluding hydrogens is 312 g/mol. The number of amides is 1. The van der Waals surface area contributed by atoms with Gasteiger partial charge >= 0.3 is 0 Å². The molecule has 8 heteroatoms. The highest BCUT2D eigenvalue weighted by Gasteiger charge is 2.38. The van der Waals surface area contributed by atoms with Crippen LogP contribution in [0.25, 0.3) is 0 Å². The van der Waals surface area contributed by atoms with Gasteiger partial charge in [-0.25, -0.2) is 4.68 Å². The zero-order valence-corrected chi connectivity index (χ0v) is 13.3. The minimum atomic E-state index is -0.126. The van der Waals surface area contributed by atoms with E-state index >= 15 is 0 Å². The number of phenols is 1. The zero-order valence-electron chi connectivity index (χ0n) is 13.3. The Balaban J connectivity index is 1.56. The van der Waals surface area contributed by atoms with Crippen LogP contribution in [0.4, 0.5) is 0 Å². The zero-order chi connectivity index (χ0) is 16.7. The van der Waals surface area contributed by atoms with Crippen molar-refractivity contribution in [2.75, 3.05) is 20.2 Å². The smallest absolute Gasteiger partial charge is 0.254 e. The van der Waals surface area contributed by atoms with Crippen molar-refractivity contribution in [1.29, 1.82) is 0 Å². The largest absolute Gasteiger partial charge is 0.504 e. The highest BCUT2D eigenvalue weighted by molar-refractivity contribution is 5.95. The van der Waals surface area contributed by atoms with Crippen LogP contribution in [0.5, 0.6) is 11.5 Å². The number of fused-ring (bicyclic) bond motifs is 3. The van der Waals surface area contributed by atoms with Crippen LogP contribution in [-0.2, 0) is 11.3 Å². The van der Waals surface area contributed by atoms with Gasteiger partial charge in [0.05, 0.1) is 37.8 Å². The Hall–Kier alpha value is -2.61. The number of phenolic OH excluding ortho intramolecular Hbond substituents is 1. The molecule has 1 N–H and O–H groups in total. The molecule has 2 aromatic rings. The van der Waals surface area contributed by atoms with Gasteiger partial charge in [0.2, 0.25) is 0 Å². The average molecular weight is 330 g/mol. The van der Waals surface area contributed by atoms with Crippen molar-refractivity contribution < 1.29 is 19.4 Å². The van der Waals surface area contributed by atoms with Crippen LogP contribution in [0.3, 0.4) is 0 Å². The molecule has 1 fully saturated rings. The molecular formula is C16H18N4O4. The number of nitrogens with zero attached hydrogens (tertiary/aromatic N) is 4. The quantitative estimate of drug-likeness (QED) is 0.883. The summed E-state index contributed by atoms with van der Waals surface area (Å²) >= 11 is 0. The van der Waals surface area contributed by atoms with Gasteiger partial charge in [0, 0.05) is 18.7 Å². The molecule has 8 nitrogen and oxygen atoms in total. The van der Waals surface area contributed by atoms with Gasteiger partial charge in [0.15, 0.2) is 11.5 Å². The van der Waals surface area contributed by atoms with Crippen molar-refractivity contribution in [3.05, 3.63) is 35.7 Å². The second-order valence-corrected chi connectivity index (χ2v) is 6.01. The van der Waals surface area contributed by atoms with E-state index in [0.717, 1.165) is 12.1 Å². The SMILES string of the molecule is COc1ccc(C(=O)N2CC[C@@H]3OCc4cnnn4[C@@H]3C2)cc1O. The topological polar surface area (TPSA) is 89.7 Å². The monoisotopic (exact) mass is 330 g/mol. The summed E-state index contributed by atoms with van der Waals surface area (Å²) in [5.74, 6) is 0.176. The van der Waals surface area contributed by atoms with Crippen molar-refractivity contribution in [2.45, 2.75) is 25.2 Å². The molecule has 0 spiro atoms. The van der Waals surface area contributed by atoms with Gasteiger partial charge in [-0.1, -0.05) is 5.21 Å². The van der Waals surface area contributed by atoms with Crippen molar-refractivity contribution in [1.82, 2.24) is 19.9 Å². The lowest BCUT2D eigenvalue weighted by Gasteiger charge is -2.41. The Morgan fingerprint density at radius 2 is 2.33 bits per heavy atom. The summed E-state index contributed by atoms with van der Waals surface area (Å²) in [5, 5.41) is 18.0. The molecule has 1 aromatic carbocycles. The molecule has 0 unspecified atom stereocenters. The first-order chi connectivity index (χ1) is 11.7. The number of hydrogen-bond donors (Lipinski definition) is 1. The van der Waals surface area contributed by atoms with E-state index in [1.165, 1.54) is 13.2 Å². The summed E-state index contributed by atoms with van der Waals surface area (Å²) in [6.45, 7) is 1.62. The van der Waals surface area contributed by atoms with Gasteiger partial charge < -0.3 is 19.5 Å². The van der Waals surface area contributed by atoms with Crippen molar-refractivity contribution in [3.8, 4) is 11.5 Å². The Labute approximate surface area is 138 Å². The van der Waals surface area contributed by atoms with Gasteiger partial charge in [-0.2, -0.15) is 0 Å². The number of carbonyl (C=O) groups excluding carboxylic acids is 1. The summed E-state index contributed by atoms with van der Waals surface area (Å²) in [6.07, 6.45) is 2.49. The number of ether oxygens (including phenoxy) is 2. The van der Waals surface area contributed by atoms with Crippen LogP contribution < -0.4 is 4.74 Å². The predicted octanol–water partition coefficient (Wildman–Crippen LogP) is 0.978. The van der Waals surface area contributed by atoms with Crippen LogP contribution in [0.1, 0.15) is 28.5 Å². The lowest BCUT2D eigenvalue weighted by Crippen LogP contribution is -2.49. The first-order valence-electron chi connectivity index (χ1n) is 7.84. The first kappa shape index (κ1) is 14.9. The Morgan fingerprint density at radius 1 is 1.46 bits per heavy atom. The molecule has 1 amide bonds. The number of hydrogen-bond acceptors (Lipinski definition) is 6. The number of carbonyl (C=O) groups is 1. The number of likely N-dealkylation sites (tertiary alicyclic amines) is 1. The third-order valence-electron chi connectivity index (χ3n) is 4.64. The molecule has 1 aromatic heterocycles. The predicted molar refractivity (Wildman–Crippen MR) is 82.8 cm³/mol. The fourth-order valence-electron chi connectivity index (χ4n) is 3.37. The van der Waals surface area contributed by atoms with E-state index in [1.54, 1.807) is 23.2 Å². The molecule has 126 valence electrons. The fraction of sp³-hybridized carbons (Fsp3) is 0.438. The Kier molecular flexibility index (Phi) is 3.61. The molecule has 0 saturated carbocycles. The van der Waals surface area contributed by atoms with Crippen LogP contribution in [0, 0.1) is 0 Å². The lowest BCUT2D eigenvalue weighted by molar-refractivity contribution is -0.0605. The normalized spacial score (nSPS) is 22.6. The molecule has 1 saturated heterocycles. The molecule has 24 heavy (non-hydrogen) atoms. The third-order valence-corrected chi connectivity index (χ3v) is 4.64. The van der Waals surface area contributed by atoms with Crippen molar-refractivity contribution in [3.63, 3.8) is 0 Å². The van der Waals surface area contributed by atoms with E-state index in [2.05, 4.69) is 10.3 Å². The Bertz CT molecular complexity index is 775. The average Bonchev–Trinajstić information content (AvgIpc) is 3.09. The van der Waals surface area contributed by atoms with Crippen LogP contribution in [-0.4, -0.2) is 57.2 Å². The first-order valence-corrected chi connectivity index (χ1v) is 7.84. The maximum absolute atomic E-state index is 12.8. The number of aromatic nitrogens is 3. The van der Waals surface area contributed by atoms with Crippen LogP contribution in [0.15, 0.2) is 24.4 Å². The molecule has 0 bridgehead atoms. The van der Waals surface area contributed by atoms with Crippen LogP contribution >= 0.6 is 0 Å². The van der Waals surface area contributed by atoms with Gasteiger partial charge in [-0.15, -0.1) is 5.10 Å². The number of piperidine rings is 1. The van der Waals surface area contributed by atoms with Gasteiger partial charge in [0.1, 0.15) is 0 Å². The van der Waals surface area contributed by atoms with E-state index < -0.39 is 0 Å². The van der Waals surface area contributed by atoms with Gasteiger partial charge in [-0.3, -0.25) is 4.79 Å².